The van der Waals surface area contributed by atoms with Crippen LogP contribution in [0.5, 0.6) is 0 Å². The molecule has 4 heteroatoms. The summed E-state index contributed by atoms with van der Waals surface area (Å²) in [5.41, 5.74) is -0.358. The van der Waals surface area contributed by atoms with Crippen LogP contribution >= 0.6 is 0 Å². The SMILES string of the molecule is COCCN(CCO)CC(C)(C)C=O. The number of hydrogen-bond acceptors (Lipinski definition) is 4. The lowest BCUT2D eigenvalue weighted by molar-refractivity contribution is -0.115. The number of aldehydes is 1. The van der Waals surface area contributed by atoms with E-state index in [0.29, 0.717) is 19.7 Å². The highest BCUT2D eigenvalue weighted by Gasteiger charge is 2.20. The van der Waals surface area contributed by atoms with Gasteiger partial charge < -0.3 is 14.6 Å². The van der Waals surface area contributed by atoms with E-state index in [0.717, 1.165) is 12.8 Å². The third-order valence-corrected chi connectivity index (χ3v) is 1.98. The van der Waals surface area contributed by atoms with E-state index in [9.17, 15) is 4.79 Å². The molecule has 0 atom stereocenters. The van der Waals surface area contributed by atoms with Gasteiger partial charge in [-0.15, -0.1) is 0 Å². The van der Waals surface area contributed by atoms with E-state index in [2.05, 4.69) is 0 Å². The lowest BCUT2D eigenvalue weighted by Crippen LogP contribution is -2.38. The first-order valence-electron chi connectivity index (χ1n) is 4.84. The highest BCUT2D eigenvalue weighted by molar-refractivity contribution is 5.58. The molecule has 0 rings (SSSR count). The molecule has 0 aromatic rings. The molecule has 0 aliphatic rings. The van der Waals surface area contributed by atoms with Gasteiger partial charge in [-0.1, -0.05) is 13.8 Å². The molecule has 1 N–H and O–H groups in total. The van der Waals surface area contributed by atoms with Gasteiger partial charge in [0.25, 0.3) is 0 Å². The first kappa shape index (κ1) is 13.5. The smallest absolute Gasteiger partial charge is 0.126 e. The van der Waals surface area contributed by atoms with Crippen molar-refractivity contribution < 1.29 is 14.6 Å². The summed E-state index contributed by atoms with van der Waals surface area (Å²) in [5, 5.41) is 8.83. The van der Waals surface area contributed by atoms with E-state index in [4.69, 9.17) is 9.84 Å². The average molecular weight is 203 g/mol. The maximum absolute atomic E-state index is 10.7. The van der Waals surface area contributed by atoms with Gasteiger partial charge in [-0.3, -0.25) is 4.90 Å². The average Bonchev–Trinajstić information content (AvgIpc) is 2.14. The number of methoxy groups -OCH3 is 1. The zero-order valence-electron chi connectivity index (χ0n) is 9.32. The van der Waals surface area contributed by atoms with Gasteiger partial charge in [-0.05, 0) is 0 Å². The first-order valence-corrected chi connectivity index (χ1v) is 4.84. The van der Waals surface area contributed by atoms with Crippen molar-refractivity contribution in [3.8, 4) is 0 Å². The molecule has 4 nitrogen and oxygen atoms in total. The molecule has 0 aliphatic heterocycles. The number of nitrogens with zero attached hydrogens (tertiary/aromatic N) is 1. The predicted octanol–water partition coefficient (Wildman–Crippen LogP) is 0.152. The Bertz CT molecular complexity index is 159. The number of carbonyl (C=O) groups is 1. The lowest BCUT2D eigenvalue weighted by Gasteiger charge is -2.28. The Morgan fingerprint density at radius 2 is 2.07 bits per heavy atom. The standard InChI is InChI=1S/C10H21NO3/c1-10(2,9-13)8-11(4-6-12)5-7-14-3/h9,12H,4-8H2,1-3H3. The van der Waals surface area contributed by atoms with Gasteiger partial charge in [0.2, 0.25) is 0 Å². The zero-order chi connectivity index (χ0) is 11.0. The molecule has 0 bridgehead atoms. The fourth-order valence-electron chi connectivity index (χ4n) is 1.25. The first-order chi connectivity index (χ1) is 6.55. The van der Waals surface area contributed by atoms with Gasteiger partial charge in [-0.25, -0.2) is 0 Å². The monoisotopic (exact) mass is 203 g/mol. The molecule has 84 valence electrons. The maximum atomic E-state index is 10.7. The van der Waals surface area contributed by atoms with Crippen LogP contribution in [-0.2, 0) is 9.53 Å². The van der Waals surface area contributed by atoms with E-state index >= 15 is 0 Å². The van der Waals surface area contributed by atoms with Gasteiger partial charge in [0, 0.05) is 32.2 Å². The molecular formula is C10H21NO3. The fraction of sp³-hybridized carbons (Fsp3) is 0.900. The van der Waals surface area contributed by atoms with E-state index < -0.39 is 0 Å². The molecule has 0 aromatic carbocycles. The predicted molar refractivity (Wildman–Crippen MR) is 55.2 cm³/mol. The summed E-state index contributed by atoms with van der Waals surface area (Å²) < 4.78 is 4.96. The van der Waals surface area contributed by atoms with Crippen LogP contribution in [0.3, 0.4) is 0 Å². The summed E-state index contributed by atoms with van der Waals surface area (Å²) in [6, 6.07) is 0. The minimum atomic E-state index is -0.358. The Kier molecular flexibility index (Phi) is 6.70. The van der Waals surface area contributed by atoms with Gasteiger partial charge in [0.15, 0.2) is 0 Å². The van der Waals surface area contributed by atoms with Crippen molar-refractivity contribution in [2.45, 2.75) is 13.8 Å². The van der Waals surface area contributed by atoms with Crippen LogP contribution in [0.4, 0.5) is 0 Å². The third kappa shape index (κ3) is 6.07. The van der Waals surface area contributed by atoms with Crippen LogP contribution in [0.15, 0.2) is 0 Å². The van der Waals surface area contributed by atoms with Crippen molar-refractivity contribution in [1.82, 2.24) is 4.90 Å². The molecule has 0 unspecified atom stereocenters. The molecule has 0 aromatic heterocycles. The van der Waals surface area contributed by atoms with Crippen LogP contribution in [0.2, 0.25) is 0 Å². The third-order valence-electron chi connectivity index (χ3n) is 1.98. The van der Waals surface area contributed by atoms with E-state index in [1.54, 1.807) is 7.11 Å². The summed E-state index contributed by atoms with van der Waals surface area (Å²) in [4.78, 5) is 12.7. The van der Waals surface area contributed by atoms with Crippen molar-refractivity contribution in [2.75, 3.05) is 40.0 Å². The number of rotatable bonds is 8. The lowest BCUT2D eigenvalue weighted by atomic mass is 9.95. The molecule has 0 saturated heterocycles. The summed E-state index contributed by atoms with van der Waals surface area (Å²) in [7, 11) is 1.64. The van der Waals surface area contributed by atoms with Crippen molar-refractivity contribution in [3.05, 3.63) is 0 Å². The second-order valence-electron chi connectivity index (χ2n) is 4.10. The molecular weight excluding hydrogens is 182 g/mol. The highest BCUT2D eigenvalue weighted by atomic mass is 16.5. The number of carbonyl (C=O) groups excluding carboxylic acids is 1. The van der Waals surface area contributed by atoms with Crippen LogP contribution < -0.4 is 0 Å². The molecule has 14 heavy (non-hydrogen) atoms. The normalized spacial score (nSPS) is 12.1. The number of aliphatic hydroxyl groups excluding tert-OH is 1. The second kappa shape index (κ2) is 6.92. The molecule has 0 heterocycles. The largest absolute Gasteiger partial charge is 0.395 e. The topological polar surface area (TPSA) is 49.8 Å². The van der Waals surface area contributed by atoms with Crippen molar-refractivity contribution >= 4 is 6.29 Å². The van der Waals surface area contributed by atoms with E-state index in [-0.39, 0.29) is 12.0 Å². The van der Waals surface area contributed by atoms with Gasteiger partial charge in [0.05, 0.1) is 13.2 Å². The van der Waals surface area contributed by atoms with Crippen molar-refractivity contribution in [1.29, 1.82) is 0 Å². The summed E-state index contributed by atoms with van der Waals surface area (Å²) >= 11 is 0. The molecule has 0 radical (unpaired) electrons. The van der Waals surface area contributed by atoms with Crippen molar-refractivity contribution in [3.63, 3.8) is 0 Å². The Balaban J connectivity index is 4.00. The van der Waals surface area contributed by atoms with Crippen LogP contribution in [-0.4, -0.2) is 56.3 Å². The fourth-order valence-corrected chi connectivity index (χ4v) is 1.25. The molecule has 0 saturated carbocycles. The minimum Gasteiger partial charge on any atom is -0.395 e. The van der Waals surface area contributed by atoms with E-state index in [1.165, 1.54) is 0 Å². The summed E-state index contributed by atoms with van der Waals surface area (Å²) in [6.07, 6.45) is 0.949. The van der Waals surface area contributed by atoms with Crippen LogP contribution in [0.1, 0.15) is 13.8 Å². The maximum Gasteiger partial charge on any atom is 0.126 e. The van der Waals surface area contributed by atoms with Gasteiger partial charge >= 0.3 is 0 Å². The highest BCUT2D eigenvalue weighted by Crippen LogP contribution is 2.12. The van der Waals surface area contributed by atoms with Crippen LogP contribution in [0.25, 0.3) is 0 Å². The van der Waals surface area contributed by atoms with Gasteiger partial charge in [-0.2, -0.15) is 0 Å². The second-order valence-corrected chi connectivity index (χ2v) is 4.10. The van der Waals surface area contributed by atoms with Gasteiger partial charge in [0.1, 0.15) is 6.29 Å². The summed E-state index contributed by atoms with van der Waals surface area (Å²) in [6.45, 7) is 6.48. The Labute approximate surface area is 85.9 Å². The van der Waals surface area contributed by atoms with Crippen LogP contribution in [0, 0.1) is 5.41 Å². The number of ether oxygens (including phenoxy) is 1. The molecule has 0 aliphatic carbocycles. The Hall–Kier alpha value is -0.450. The van der Waals surface area contributed by atoms with E-state index in [1.807, 2.05) is 18.7 Å². The van der Waals surface area contributed by atoms with Crippen molar-refractivity contribution in [2.24, 2.45) is 5.41 Å². The molecule has 0 amide bonds. The quantitative estimate of drug-likeness (QED) is 0.571. The number of hydrogen-bond donors (Lipinski definition) is 1. The Morgan fingerprint density at radius 1 is 1.43 bits per heavy atom. The minimum absolute atomic E-state index is 0.110. The molecule has 0 spiro atoms. The Morgan fingerprint density at radius 3 is 2.50 bits per heavy atom. The zero-order valence-corrected chi connectivity index (χ0v) is 9.32. The summed E-state index contributed by atoms with van der Waals surface area (Å²) in [5.74, 6) is 0. The molecule has 0 fully saturated rings. The number of aliphatic hydroxyl groups is 1.